The summed E-state index contributed by atoms with van der Waals surface area (Å²) in [6.45, 7) is 4.57. The van der Waals surface area contributed by atoms with Crippen molar-refractivity contribution in [3.05, 3.63) is 95.4 Å². The van der Waals surface area contributed by atoms with Gasteiger partial charge in [0, 0.05) is 38.5 Å². The highest BCUT2D eigenvalue weighted by atomic mass is 14.9. The molecule has 0 aliphatic heterocycles. The van der Waals surface area contributed by atoms with Crippen molar-refractivity contribution in [1.82, 2.24) is 4.98 Å². The lowest BCUT2D eigenvalue weighted by molar-refractivity contribution is -0.659. The highest BCUT2D eigenvalue weighted by Crippen LogP contribution is 2.49. The first kappa shape index (κ1) is 15.6. The van der Waals surface area contributed by atoms with Crippen molar-refractivity contribution < 1.29 is 8.68 Å². The number of rotatable bonds is 2. The van der Waals surface area contributed by atoms with E-state index in [9.17, 15) is 0 Å². The van der Waals surface area contributed by atoms with Gasteiger partial charge in [0.05, 0.1) is 5.69 Å². The van der Waals surface area contributed by atoms with Crippen LogP contribution in [0.15, 0.2) is 73.1 Å². The number of fused-ring (bicyclic) bond motifs is 3. The van der Waals surface area contributed by atoms with Crippen molar-refractivity contribution in [3.8, 4) is 33.5 Å². The van der Waals surface area contributed by atoms with Gasteiger partial charge >= 0.3 is 0 Å². The van der Waals surface area contributed by atoms with Crippen LogP contribution >= 0.6 is 0 Å². The summed E-state index contributed by atoms with van der Waals surface area (Å²) in [5.74, 6) is 0. The topological polar surface area (TPSA) is 16.8 Å². The van der Waals surface area contributed by atoms with Gasteiger partial charge in [-0.3, -0.25) is 4.98 Å². The molecule has 0 fully saturated rings. The van der Waals surface area contributed by atoms with E-state index < -0.39 is 6.85 Å². The van der Waals surface area contributed by atoms with E-state index in [4.69, 9.17) is 9.10 Å². The van der Waals surface area contributed by atoms with Crippen LogP contribution in [0.1, 0.15) is 40.3 Å². The molecule has 2 nitrogen and oxygen atoms in total. The van der Waals surface area contributed by atoms with Crippen molar-refractivity contribution in [1.29, 1.82) is 0 Å². The molecule has 0 unspecified atom stereocenters. The fourth-order valence-corrected chi connectivity index (χ4v) is 4.69. The molecule has 0 saturated carbocycles. The molecule has 0 bridgehead atoms. The molecule has 2 heteroatoms. The average Bonchev–Trinajstić information content (AvgIpc) is 2.99. The third-order valence-corrected chi connectivity index (χ3v) is 6.36. The minimum Gasteiger partial charge on any atom is -0.260 e. The van der Waals surface area contributed by atoms with Crippen molar-refractivity contribution in [2.24, 2.45) is 7.05 Å². The first-order valence-electron chi connectivity index (χ1n) is 11.8. The molecule has 4 aromatic rings. The molecule has 5 rings (SSSR count). The fourth-order valence-electron chi connectivity index (χ4n) is 4.69. The van der Waals surface area contributed by atoms with Crippen LogP contribution in [0.25, 0.3) is 33.5 Å². The zero-order valence-corrected chi connectivity index (χ0v) is 17.8. The van der Waals surface area contributed by atoms with Gasteiger partial charge in [0.15, 0.2) is 6.20 Å². The predicted octanol–water partition coefficient (Wildman–Crippen LogP) is 6.16. The van der Waals surface area contributed by atoms with E-state index in [0.717, 1.165) is 22.5 Å². The molecule has 2 aromatic carbocycles. The van der Waals surface area contributed by atoms with Crippen LogP contribution in [0.4, 0.5) is 0 Å². The largest absolute Gasteiger partial charge is 0.260 e. The molecule has 1 aliphatic rings. The Balaban J connectivity index is 1.56. The highest BCUT2D eigenvalue weighted by molar-refractivity contribution is 5.83. The Morgan fingerprint density at radius 1 is 0.900 bits per heavy atom. The van der Waals surface area contributed by atoms with Gasteiger partial charge in [0.2, 0.25) is 5.69 Å². The van der Waals surface area contributed by atoms with E-state index in [-0.39, 0.29) is 5.41 Å². The standard InChI is InChI=1S/C28H27N2/c1-18-8-10-20(11-9-18)21-12-13-26(30(5)17-21)23-16-25-24(15-19(23)2)22-7-6-14-29-27(22)28(25,3)4/h6-17H,1-5H3/q+1/i1D3. The third kappa shape index (κ3) is 2.79. The van der Waals surface area contributed by atoms with Crippen LogP contribution in [0.2, 0.25) is 0 Å². The Hall–Kier alpha value is -3.26. The predicted molar refractivity (Wildman–Crippen MR) is 123 cm³/mol. The normalized spacial score (nSPS) is 15.7. The zero-order valence-electron chi connectivity index (χ0n) is 20.8. The first-order chi connectivity index (χ1) is 15.6. The van der Waals surface area contributed by atoms with E-state index >= 15 is 0 Å². The van der Waals surface area contributed by atoms with E-state index in [2.05, 4.69) is 68.9 Å². The second-order valence-corrected chi connectivity index (χ2v) is 8.73. The summed E-state index contributed by atoms with van der Waals surface area (Å²) >= 11 is 0. The van der Waals surface area contributed by atoms with Gasteiger partial charge in [-0.15, -0.1) is 0 Å². The molecule has 30 heavy (non-hydrogen) atoms. The lowest BCUT2D eigenvalue weighted by Crippen LogP contribution is -2.31. The van der Waals surface area contributed by atoms with Crippen molar-refractivity contribution in [3.63, 3.8) is 0 Å². The summed E-state index contributed by atoms with van der Waals surface area (Å²) < 4.78 is 24.9. The van der Waals surface area contributed by atoms with Gasteiger partial charge in [-0.2, -0.15) is 0 Å². The lowest BCUT2D eigenvalue weighted by Gasteiger charge is -2.21. The average molecular weight is 395 g/mol. The van der Waals surface area contributed by atoms with Gasteiger partial charge in [0.1, 0.15) is 7.05 Å². The maximum atomic E-state index is 7.57. The summed E-state index contributed by atoms with van der Waals surface area (Å²) in [6.07, 6.45) is 3.98. The Bertz CT molecular complexity index is 1380. The number of aromatic nitrogens is 2. The smallest absolute Gasteiger partial charge is 0.212 e. The quantitative estimate of drug-likeness (QED) is 0.372. The maximum absolute atomic E-state index is 7.57. The van der Waals surface area contributed by atoms with Crippen LogP contribution in [0.5, 0.6) is 0 Å². The van der Waals surface area contributed by atoms with Gasteiger partial charge in [-0.05, 0) is 54.2 Å². The second-order valence-electron chi connectivity index (χ2n) is 8.73. The minimum absolute atomic E-state index is 0.141. The summed E-state index contributed by atoms with van der Waals surface area (Å²) in [5.41, 5.74) is 10.8. The highest BCUT2D eigenvalue weighted by Gasteiger charge is 2.37. The van der Waals surface area contributed by atoms with Crippen LogP contribution in [-0.2, 0) is 12.5 Å². The SMILES string of the molecule is [2H]C([2H])([2H])c1ccc(-c2ccc(-c3cc4c(cc3C)-c3cccnc3C4(C)C)[n+](C)c2)cc1. The van der Waals surface area contributed by atoms with Gasteiger partial charge in [-0.25, -0.2) is 4.57 Å². The number of benzene rings is 2. The van der Waals surface area contributed by atoms with E-state index in [1.165, 1.54) is 27.8 Å². The number of pyridine rings is 2. The molecule has 0 amide bonds. The minimum atomic E-state index is -2.08. The summed E-state index contributed by atoms with van der Waals surface area (Å²) in [6, 6.07) is 20.2. The van der Waals surface area contributed by atoms with E-state index in [1.807, 2.05) is 24.4 Å². The summed E-state index contributed by atoms with van der Waals surface area (Å²) in [7, 11) is 2.06. The Kier molecular flexibility index (Phi) is 3.44. The Morgan fingerprint density at radius 2 is 1.67 bits per heavy atom. The van der Waals surface area contributed by atoms with Crippen LogP contribution in [0.3, 0.4) is 0 Å². The molecule has 0 N–H and O–H groups in total. The Morgan fingerprint density at radius 3 is 2.40 bits per heavy atom. The number of hydrogen-bond acceptors (Lipinski definition) is 1. The third-order valence-electron chi connectivity index (χ3n) is 6.36. The fraction of sp³-hybridized carbons (Fsp3) is 0.214. The molecule has 0 atom stereocenters. The number of nitrogens with zero attached hydrogens (tertiary/aromatic N) is 2. The number of hydrogen-bond donors (Lipinski definition) is 0. The van der Waals surface area contributed by atoms with Crippen LogP contribution in [-0.4, -0.2) is 4.98 Å². The van der Waals surface area contributed by atoms with Crippen molar-refractivity contribution in [2.45, 2.75) is 33.0 Å². The first-order valence-corrected chi connectivity index (χ1v) is 10.3. The number of aryl methyl sites for hydroxylation is 3. The van der Waals surface area contributed by atoms with Crippen LogP contribution in [0, 0.1) is 13.8 Å². The molecule has 1 aliphatic carbocycles. The van der Waals surface area contributed by atoms with E-state index in [0.29, 0.717) is 5.56 Å². The monoisotopic (exact) mass is 394 g/mol. The van der Waals surface area contributed by atoms with E-state index in [1.54, 1.807) is 12.1 Å². The lowest BCUT2D eigenvalue weighted by atomic mass is 9.83. The molecular formula is C28H27N2+. The summed E-state index contributed by atoms with van der Waals surface area (Å²) in [5, 5.41) is 0. The zero-order chi connectivity index (χ0) is 23.5. The van der Waals surface area contributed by atoms with Gasteiger partial charge < -0.3 is 0 Å². The molecule has 0 spiro atoms. The van der Waals surface area contributed by atoms with Crippen molar-refractivity contribution in [2.75, 3.05) is 0 Å². The van der Waals surface area contributed by atoms with Crippen LogP contribution < -0.4 is 4.57 Å². The Labute approximate surface area is 183 Å². The molecule has 2 heterocycles. The molecule has 2 aromatic heterocycles. The second kappa shape index (κ2) is 6.63. The van der Waals surface area contributed by atoms with Gasteiger partial charge in [0.25, 0.3) is 0 Å². The molecule has 148 valence electrons. The summed E-state index contributed by atoms with van der Waals surface area (Å²) in [4.78, 5) is 4.70. The molecule has 0 saturated heterocycles. The van der Waals surface area contributed by atoms with Gasteiger partial charge in [-0.1, -0.05) is 55.8 Å². The maximum Gasteiger partial charge on any atom is 0.212 e. The molecule has 0 radical (unpaired) electrons. The molecular weight excluding hydrogens is 364 g/mol. The van der Waals surface area contributed by atoms with Crippen molar-refractivity contribution >= 4 is 0 Å².